The minimum absolute atomic E-state index is 0. The number of nitrogens with one attached hydrogen (secondary N) is 1. The first-order chi connectivity index (χ1) is 12.7. The number of amides is 1. The molecule has 2 heterocycles. The maximum Gasteiger partial charge on any atom is 0.241 e. The Hall–Kier alpha value is -1.60. The second-order valence-electron chi connectivity index (χ2n) is 6.61. The van der Waals surface area contributed by atoms with Gasteiger partial charge in [0.15, 0.2) is 0 Å². The molecule has 1 amide bonds. The number of halogens is 2. The topological polar surface area (TPSA) is 35.6 Å². The zero-order valence-corrected chi connectivity index (χ0v) is 16.6. The van der Waals surface area contributed by atoms with Crippen LogP contribution >= 0.6 is 24.2 Å². The van der Waals surface area contributed by atoms with E-state index in [0.29, 0.717) is 6.54 Å². The molecule has 1 fully saturated rings. The van der Waals surface area contributed by atoms with Gasteiger partial charge < -0.3 is 10.2 Å². The van der Waals surface area contributed by atoms with Crippen LogP contribution in [0.2, 0.25) is 0 Å². The molecule has 0 radical (unpaired) electrons. The summed E-state index contributed by atoms with van der Waals surface area (Å²) in [6, 6.07) is 14.8. The van der Waals surface area contributed by atoms with E-state index in [1.807, 2.05) is 29.2 Å². The predicted molar refractivity (Wildman–Crippen MR) is 110 cm³/mol. The average molecular weight is 408 g/mol. The third-order valence-corrected chi connectivity index (χ3v) is 6.00. The lowest BCUT2D eigenvalue weighted by Crippen LogP contribution is -2.51. The van der Waals surface area contributed by atoms with Crippen LogP contribution in [0.3, 0.4) is 0 Å². The van der Waals surface area contributed by atoms with E-state index >= 15 is 0 Å². The van der Waals surface area contributed by atoms with Crippen molar-refractivity contribution in [1.29, 1.82) is 0 Å². The van der Waals surface area contributed by atoms with E-state index in [4.69, 9.17) is 0 Å². The van der Waals surface area contributed by atoms with Gasteiger partial charge in [-0.3, -0.25) is 9.69 Å². The van der Waals surface area contributed by atoms with Gasteiger partial charge in [0.25, 0.3) is 0 Å². The van der Waals surface area contributed by atoms with E-state index in [1.54, 1.807) is 23.9 Å². The highest BCUT2D eigenvalue weighted by atomic mass is 35.5. The Morgan fingerprint density at radius 2 is 2.04 bits per heavy atom. The zero-order chi connectivity index (χ0) is 17.9. The highest BCUT2D eigenvalue weighted by Crippen LogP contribution is 2.34. The van der Waals surface area contributed by atoms with Crippen LogP contribution in [-0.4, -0.2) is 49.3 Å². The summed E-state index contributed by atoms with van der Waals surface area (Å²) in [5, 5.41) is 3.36. The Labute approximate surface area is 169 Å². The molecule has 2 aliphatic rings. The van der Waals surface area contributed by atoms with Gasteiger partial charge in [0, 0.05) is 42.9 Å². The summed E-state index contributed by atoms with van der Waals surface area (Å²) < 4.78 is 13.7. The molecule has 4 rings (SSSR count). The van der Waals surface area contributed by atoms with E-state index < -0.39 is 0 Å². The highest BCUT2D eigenvalue weighted by molar-refractivity contribution is 7.99. The fraction of sp³-hybridized carbons (Fsp3) is 0.350. The molecular weight excluding hydrogens is 385 g/mol. The molecule has 4 nitrogen and oxygen atoms in total. The number of carbonyl (C=O) groups is 1. The van der Waals surface area contributed by atoms with E-state index in [2.05, 4.69) is 16.3 Å². The van der Waals surface area contributed by atoms with Gasteiger partial charge in [-0.15, -0.1) is 24.2 Å². The summed E-state index contributed by atoms with van der Waals surface area (Å²) >= 11 is 1.80. The molecule has 2 aromatic carbocycles. The van der Waals surface area contributed by atoms with Crippen LogP contribution in [0.4, 0.5) is 10.1 Å². The SMILES string of the molecule is Cl.O=C(CN1CCNCC1c1cccc(F)c1)N1CCSc2ccccc21. The van der Waals surface area contributed by atoms with Crippen molar-refractivity contribution < 1.29 is 9.18 Å². The van der Waals surface area contributed by atoms with E-state index in [-0.39, 0.29) is 30.2 Å². The monoisotopic (exact) mass is 407 g/mol. The molecule has 7 heteroatoms. The van der Waals surface area contributed by atoms with Gasteiger partial charge in [0.2, 0.25) is 5.91 Å². The lowest BCUT2D eigenvalue weighted by Gasteiger charge is -2.38. The maximum atomic E-state index is 13.7. The van der Waals surface area contributed by atoms with Crippen LogP contribution in [0.5, 0.6) is 0 Å². The standard InChI is InChI=1S/C20H22FN3OS.ClH/c21-16-5-3-4-15(12-16)18-13-22-8-9-23(18)14-20(25)24-10-11-26-19-7-2-1-6-17(19)24;/h1-7,12,18,22H,8-11,13-14H2;1H. The van der Waals surface area contributed by atoms with Gasteiger partial charge in [0.1, 0.15) is 5.82 Å². The number of hydrogen-bond donors (Lipinski definition) is 1. The van der Waals surface area contributed by atoms with Crippen molar-refractivity contribution in [2.24, 2.45) is 0 Å². The summed E-state index contributed by atoms with van der Waals surface area (Å²) in [6.45, 7) is 3.42. The van der Waals surface area contributed by atoms with Gasteiger partial charge in [0.05, 0.1) is 12.2 Å². The molecule has 144 valence electrons. The molecule has 2 aromatic rings. The van der Waals surface area contributed by atoms with Crippen molar-refractivity contribution >= 4 is 35.8 Å². The molecular formula is C20H23ClFN3OS. The number of piperazine rings is 1. The summed E-state index contributed by atoms with van der Waals surface area (Å²) in [7, 11) is 0. The van der Waals surface area contributed by atoms with Gasteiger partial charge in [-0.25, -0.2) is 4.39 Å². The van der Waals surface area contributed by atoms with Crippen LogP contribution in [0.25, 0.3) is 0 Å². The van der Waals surface area contributed by atoms with Crippen molar-refractivity contribution in [3.05, 3.63) is 59.9 Å². The maximum absolute atomic E-state index is 13.7. The minimum atomic E-state index is -0.235. The van der Waals surface area contributed by atoms with Crippen LogP contribution in [0, 0.1) is 5.82 Å². The third kappa shape index (κ3) is 4.46. The molecule has 0 saturated carbocycles. The number of rotatable bonds is 3. The Morgan fingerprint density at radius 1 is 1.19 bits per heavy atom. The number of thioether (sulfide) groups is 1. The average Bonchev–Trinajstić information content (AvgIpc) is 2.68. The number of para-hydroxylation sites is 1. The lowest BCUT2D eigenvalue weighted by molar-refractivity contribution is -0.120. The summed E-state index contributed by atoms with van der Waals surface area (Å²) in [5.41, 5.74) is 1.92. The summed E-state index contributed by atoms with van der Waals surface area (Å²) in [5.74, 6) is 0.792. The molecule has 1 N–H and O–H groups in total. The van der Waals surface area contributed by atoms with Crippen LogP contribution in [-0.2, 0) is 4.79 Å². The van der Waals surface area contributed by atoms with Crippen LogP contribution < -0.4 is 10.2 Å². The van der Waals surface area contributed by atoms with Gasteiger partial charge >= 0.3 is 0 Å². The van der Waals surface area contributed by atoms with Gasteiger partial charge in [-0.05, 0) is 29.8 Å². The number of nitrogens with zero attached hydrogens (tertiary/aromatic N) is 2. The summed E-state index contributed by atoms with van der Waals surface area (Å²) in [6.07, 6.45) is 0. The number of anilines is 1. The molecule has 0 aliphatic carbocycles. The molecule has 1 saturated heterocycles. The second-order valence-corrected chi connectivity index (χ2v) is 7.74. The highest BCUT2D eigenvalue weighted by Gasteiger charge is 2.29. The van der Waals surface area contributed by atoms with E-state index in [0.717, 1.165) is 48.1 Å². The number of hydrogen-bond acceptors (Lipinski definition) is 4. The quantitative estimate of drug-likeness (QED) is 0.846. The molecule has 1 unspecified atom stereocenters. The second kappa shape index (κ2) is 9.06. The summed E-state index contributed by atoms with van der Waals surface area (Å²) in [4.78, 5) is 18.3. The Morgan fingerprint density at radius 3 is 2.89 bits per heavy atom. The van der Waals surface area contributed by atoms with Crippen molar-refractivity contribution in [3.63, 3.8) is 0 Å². The van der Waals surface area contributed by atoms with Crippen molar-refractivity contribution in [2.75, 3.05) is 43.4 Å². The van der Waals surface area contributed by atoms with Gasteiger partial charge in [-0.1, -0.05) is 24.3 Å². The molecule has 27 heavy (non-hydrogen) atoms. The normalized spacial score (nSPS) is 19.9. The molecule has 1 atom stereocenters. The fourth-order valence-corrected chi connectivity index (χ4v) is 4.66. The van der Waals surface area contributed by atoms with Gasteiger partial charge in [-0.2, -0.15) is 0 Å². The van der Waals surface area contributed by atoms with E-state index in [9.17, 15) is 9.18 Å². The smallest absolute Gasteiger partial charge is 0.241 e. The molecule has 2 aliphatic heterocycles. The number of carbonyl (C=O) groups excluding carboxylic acids is 1. The Balaban J connectivity index is 0.00000210. The van der Waals surface area contributed by atoms with Crippen LogP contribution in [0.1, 0.15) is 11.6 Å². The largest absolute Gasteiger partial charge is 0.314 e. The molecule has 0 aromatic heterocycles. The lowest BCUT2D eigenvalue weighted by atomic mass is 10.0. The molecule has 0 bridgehead atoms. The minimum Gasteiger partial charge on any atom is -0.314 e. The zero-order valence-electron chi connectivity index (χ0n) is 14.9. The Kier molecular flexibility index (Phi) is 6.76. The predicted octanol–water partition coefficient (Wildman–Crippen LogP) is 3.33. The van der Waals surface area contributed by atoms with Crippen LogP contribution in [0.15, 0.2) is 53.4 Å². The Bertz CT molecular complexity index is 806. The van der Waals surface area contributed by atoms with Crippen molar-refractivity contribution in [1.82, 2.24) is 10.2 Å². The third-order valence-electron chi connectivity index (χ3n) is 4.96. The number of benzene rings is 2. The first kappa shape index (κ1) is 20.1. The van der Waals surface area contributed by atoms with Crippen molar-refractivity contribution in [3.8, 4) is 0 Å². The number of fused-ring (bicyclic) bond motifs is 1. The first-order valence-corrected chi connectivity index (χ1v) is 9.93. The first-order valence-electron chi connectivity index (χ1n) is 8.95. The van der Waals surface area contributed by atoms with Crippen molar-refractivity contribution in [2.45, 2.75) is 10.9 Å². The fourth-order valence-electron chi connectivity index (χ4n) is 3.67. The molecule has 0 spiro atoms. The van der Waals surface area contributed by atoms with E-state index in [1.165, 1.54) is 6.07 Å².